The number of hydrogen-bond donors (Lipinski definition) is 1. The zero-order valence-electron chi connectivity index (χ0n) is 11.2. The van der Waals surface area contributed by atoms with Crippen molar-refractivity contribution in [2.24, 2.45) is 0 Å². The highest BCUT2D eigenvalue weighted by molar-refractivity contribution is 6.35. The Kier molecular flexibility index (Phi) is 4.12. The second-order valence-electron chi connectivity index (χ2n) is 5.09. The van der Waals surface area contributed by atoms with Crippen LogP contribution in [0.2, 0.25) is 10.2 Å². The van der Waals surface area contributed by atoms with Crippen molar-refractivity contribution in [1.29, 1.82) is 0 Å². The molecule has 0 spiro atoms. The van der Waals surface area contributed by atoms with E-state index in [4.69, 9.17) is 23.2 Å². The van der Waals surface area contributed by atoms with E-state index in [-0.39, 0.29) is 17.0 Å². The minimum Gasteiger partial charge on any atom is -0.338 e. The van der Waals surface area contributed by atoms with Crippen LogP contribution >= 0.6 is 23.2 Å². The van der Waals surface area contributed by atoms with Gasteiger partial charge in [0, 0.05) is 37.1 Å². The summed E-state index contributed by atoms with van der Waals surface area (Å²) in [6.45, 7) is 1.37. The molecule has 2 aromatic heterocycles. The summed E-state index contributed by atoms with van der Waals surface area (Å²) < 4.78 is 0. The number of likely N-dealkylation sites (tertiary alicyclic amines) is 1. The van der Waals surface area contributed by atoms with Gasteiger partial charge >= 0.3 is 0 Å². The van der Waals surface area contributed by atoms with E-state index in [9.17, 15) is 4.79 Å². The lowest BCUT2D eigenvalue weighted by molar-refractivity contribution is 0.0706. The first-order valence-corrected chi connectivity index (χ1v) is 7.50. The number of nitrogens with one attached hydrogen (secondary N) is 1. The quantitative estimate of drug-likeness (QED) is 0.863. The fourth-order valence-corrected chi connectivity index (χ4v) is 3.00. The summed E-state index contributed by atoms with van der Waals surface area (Å²) >= 11 is 11.9. The standard InChI is InChI=1S/C14H14Cl2N4O/c15-11-7-17-13(16)6-10(11)14(21)20-5-1-2-9(8-20)12-3-4-18-19-12/h3-4,6-7,9H,1-2,5,8H2,(H,18,19). The van der Waals surface area contributed by atoms with Crippen molar-refractivity contribution in [3.8, 4) is 0 Å². The molecule has 3 rings (SSSR count). The number of piperidine rings is 1. The molecule has 1 aliphatic heterocycles. The third-order valence-corrected chi connectivity index (χ3v) is 4.23. The number of aromatic nitrogens is 3. The van der Waals surface area contributed by atoms with Gasteiger partial charge in [0.25, 0.3) is 5.91 Å². The van der Waals surface area contributed by atoms with Crippen molar-refractivity contribution < 1.29 is 4.79 Å². The van der Waals surface area contributed by atoms with Gasteiger partial charge in [-0.1, -0.05) is 23.2 Å². The van der Waals surface area contributed by atoms with E-state index in [1.165, 1.54) is 12.3 Å². The molecular formula is C14H14Cl2N4O. The van der Waals surface area contributed by atoms with E-state index in [0.717, 1.165) is 25.1 Å². The topological polar surface area (TPSA) is 61.9 Å². The van der Waals surface area contributed by atoms with Crippen LogP contribution in [0.3, 0.4) is 0 Å². The lowest BCUT2D eigenvalue weighted by Crippen LogP contribution is -2.39. The van der Waals surface area contributed by atoms with Crippen LogP contribution < -0.4 is 0 Å². The first-order valence-electron chi connectivity index (χ1n) is 6.74. The highest BCUT2D eigenvalue weighted by atomic mass is 35.5. The van der Waals surface area contributed by atoms with Gasteiger partial charge in [-0.25, -0.2) is 4.98 Å². The summed E-state index contributed by atoms with van der Waals surface area (Å²) in [6.07, 6.45) is 5.13. The molecule has 2 aromatic rings. The van der Waals surface area contributed by atoms with E-state index >= 15 is 0 Å². The van der Waals surface area contributed by atoms with Crippen LogP contribution in [0.25, 0.3) is 0 Å². The number of amides is 1. The minimum atomic E-state index is -0.103. The smallest absolute Gasteiger partial charge is 0.255 e. The summed E-state index contributed by atoms with van der Waals surface area (Å²) in [6, 6.07) is 3.47. The third-order valence-electron chi connectivity index (χ3n) is 3.72. The van der Waals surface area contributed by atoms with E-state index in [1.807, 2.05) is 11.0 Å². The number of H-pyrrole nitrogens is 1. The Morgan fingerprint density at radius 3 is 3.05 bits per heavy atom. The number of halogens is 2. The minimum absolute atomic E-state index is 0.103. The average molecular weight is 325 g/mol. The van der Waals surface area contributed by atoms with E-state index < -0.39 is 0 Å². The van der Waals surface area contributed by atoms with Crippen LogP contribution in [0.5, 0.6) is 0 Å². The molecule has 7 heteroatoms. The van der Waals surface area contributed by atoms with Crippen LogP contribution in [0.4, 0.5) is 0 Å². The van der Waals surface area contributed by atoms with Crippen molar-refractivity contribution in [3.05, 3.63) is 46.0 Å². The van der Waals surface area contributed by atoms with E-state index in [2.05, 4.69) is 15.2 Å². The second kappa shape index (κ2) is 6.03. The average Bonchev–Trinajstić information content (AvgIpc) is 3.03. The van der Waals surface area contributed by atoms with Crippen molar-refractivity contribution in [2.75, 3.05) is 13.1 Å². The highest BCUT2D eigenvalue weighted by Crippen LogP contribution is 2.28. The zero-order chi connectivity index (χ0) is 14.8. The van der Waals surface area contributed by atoms with E-state index in [0.29, 0.717) is 17.1 Å². The van der Waals surface area contributed by atoms with Crippen LogP contribution in [0.15, 0.2) is 24.5 Å². The molecule has 21 heavy (non-hydrogen) atoms. The fraction of sp³-hybridized carbons (Fsp3) is 0.357. The Labute approximate surface area is 132 Å². The maximum Gasteiger partial charge on any atom is 0.255 e. The molecule has 110 valence electrons. The molecule has 3 heterocycles. The predicted molar refractivity (Wildman–Crippen MR) is 80.7 cm³/mol. The van der Waals surface area contributed by atoms with Crippen molar-refractivity contribution >= 4 is 29.1 Å². The molecule has 0 saturated carbocycles. The van der Waals surface area contributed by atoms with Gasteiger partial charge in [-0.2, -0.15) is 5.10 Å². The normalized spacial score (nSPS) is 18.8. The number of nitrogens with zero attached hydrogens (tertiary/aromatic N) is 3. The molecular weight excluding hydrogens is 311 g/mol. The molecule has 1 unspecified atom stereocenters. The summed E-state index contributed by atoms with van der Waals surface area (Å²) in [5, 5.41) is 7.55. The van der Waals surface area contributed by atoms with Gasteiger partial charge in [0.05, 0.1) is 10.6 Å². The Hall–Kier alpha value is -1.59. The van der Waals surface area contributed by atoms with Gasteiger partial charge in [-0.05, 0) is 25.0 Å². The van der Waals surface area contributed by atoms with Gasteiger partial charge < -0.3 is 4.90 Å². The SMILES string of the molecule is O=C(c1cc(Cl)ncc1Cl)N1CCCC(c2ccn[nH]2)C1. The summed E-state index contributed by atoms with van der Waals surface area (Å²) in [5.41, 5.74) is 1.47. The molecule has 1 N–H and O–H groups in total. The monoisotopic (exact) mass is 324 g/mol. The molecule has 0 aromatic carbocycles. The summed E-state index contributed by atoms with van der Waals surface area (Å²) in [5.74, 6) is 0.176. The Morgan fingerprint density at radius 2 is 2.29 bits per heavy atom. The Morgan fingerprint density at radius 1 is 1.43 bits per heavy atom. The van der Waals surface area contributed by atoms with Gasteiger partial charge in [0.15, 0.2) is 0 Å². The third kappa shape index (κ3) is 3.04. The van der Waals surface area contributed by atoms with Crippen LogP contribution in [0, 0.1) is 0 Å². The molecule has 1 aliphatic rings. The molecule has 5 nitrogen and oxygen atoms in total. The lowest BCUT2D eigenvalue weighted by atomic mass is 9.94. The largest absolute Gasteiger partial charge is 0.338 e. The first kappa shape index (κ1) is 14.4. The number of rotatable bonds is 2. The van der Waals surface area contributed by atoms with Crippen molar-refractivity contribution in [2.45, 2.75) is 18.8 Å². The molecule has 1 fully saturated rings. The van der Waals surface area contributed by atoms with Crippen molar-refractivity contribution in [3.63, 3.8) is 0 Å². The van der Waals surface area contributed by atoms with Crippen LogP contribution in [-0.4, -0.2) is 39.1 Å². The molecule has 0 radical (unpaired) electrons. The van der Waals surface area contributed by atoms with Gasteiger partial charge in [-0.3, -0.25) is 9.89 Å². The van der Waals surface area contributed by atoms with Crippen molar-refractivity contribution in [1.82, 2.24) is 20.1 Å². The summed E-state index contributed by atoms with van der Waals surface area (Å²) in [4.78, 5) is 18.3. The van der Waals surface area contributed by atoms with E-state index in [1.54, 1.807) is 6.20 Å². The molecule has 0 aliphatic carbocycles. The molecule has 0 bridgehead atoms. The second-order valence-corrected chi connectivity index (χ2v) is 5.88. The maximum absolute atomic E-state index is 12.6. The van der Waals surface area contributed by atoms with Gasteiger partial charge in [0.1, 0.15) is 5.15 Å². The van der Waals surface area contributed by atoms with Crippen LogP contribution in [-0.2, 0) is 0 Å². The zero-order valence-corrected chi connectivity index (χ0v) is 12.7. The highest BCUT2D eigenvalue weighted by Gasteiger charge is 2.27. The molecule has 1 atom stereocenters. The lowest BCUT2D eigenvalue weighted by Gasteiger charge is -2.32. The van der Waals surface area contributed by atoms with Crippen LogP contribution in [0.1, 0.15) is 34.8 Å². The van der Waals surface area contributed by atoms with Gasteiger partial charge in [0.2, 0.25) is 0 Å². The molecule has 1 amide bonds. The summed E-state index contributed by atoms with van der Waals surface area (Å²) in [7, 11) is 0. The van der Waals surface area contributed by atoms with Gasteiger partial charge in [-0.15, -0.1) is 0 Å². The Balaban J connectivity index is 1.79. The number of aromatic amines is 1. The molecule has 1 saturated heterocycles. The maximum atomic E-state index is 12.6. The Bertz CT molecular complexity index is 644. The predicted octanol–water partition coefficient (Wildman–Crippen LogP) is 3.13. The first-order chi connectivity index (χ1) is 10.1. The number of carbonyl (C=O) groups excluding carboxylic acids is 1. The number of pyridine rings is 1. The fourth-order valence-electron chi connectivity index (χ4n) is 2.66. The number of hydrogen-bond acceptors (Lipinski definition) is 3. The number of carbonyl (C=O) groups is 1.